The number of hydrogen-bond donors (Lipinski definition) is 1. The molecule has 3 heteroatoms. The molecule has 13 heavy (non-hydrogen) atoms. The fourth-order valence-electron chi connectivity index (χ4n) is 1.47. The summed E-state index contributed by atoms with van der Waals surface area (Å²) in [6, 6.07) is 0. The number of rotatable bonds is 3. The van der Waals surface area contributed by atoms with Gasteiger partial charge in [-0.05, 0) is 19.4 Å². The van der Waals surface area contributed by atoms with E-state index in [4.69, 9.17) is 9.84 Å². The molecule has 0 aliphatic carbocycles. The van der Waals surface area contributed by atoms with Gasteiger partial charge in [0.25, 0.3) is 0 Å². The lowest BCUT2D eigenvalue weighted by atomic mass is 9.89. The zero-order chi connectivity index (χ0) is 9.90. The predicted molar refractivity (Wildman–Crippen MR) is 49.3 cm³/mol. The molecular weight excluding hydrogens is 168 g/mol. The largest absolute Gasteiger partial charge is 0.483 e. The minimum Gasteiger partial charge on any atom is -0.483 e. The average Bonchev–Trinajstić information content (AvgIpc) is 2.04. The summed E-state index contributed by atoms with van der Waals surface area (Å²) in [5, 5.41) is 9.04. The Hall–Kier alpha value is -1.25. The summed E-state index contributed by atoms with van der Waals surface area (Å²) in [7, 11) is 0. The molecule has 0 spiro atoms. The van der Waals surface area contributed by atoms with Gasteiger partial charge < -0.3 is 9.84 Å². The number of carboxylic acid groups (broad SMARTS) is 1. The summed E-state index contributed by atoms with van der Waals surface area (Å²) in [6.45, 7) is 5.52. The lowest BCUT2D eigenvalue weighted by Crippen LogP contribution is -2.41. The molecule has 72 valence electrons. The molecule has 1 atom stereocenters. The van der Waals surface area contributed by atoms with Gasteiger partial charge in [-0.25, -0.2) is 4.79 Å². The Morgan fingerprint density at radius 3 is 2.85 bits per heavy atom. The van der Waals surface area contributed by atoms with Crippen LogP contribution in [0.1, 0.15) is 26.2 Å². The van der Waals surface area contributed by atoms with Crippen LogP contribution in [0, 0.1) is 0 Å². The van der Waals surface area contributed by atoms with E-state index in [1.807, 2.05) is 13.0 Å². The molecule has 1 unspecified atom stereocenters. The Labute approximate surface area is 77.7 Å². The molecule has 0 fully saturated rings. The smallest absolute Gasteiger partial charge is 0.348 e. The third kappa shape index (κ3) is 2.11. The first-order chi connectivity index (χ1) is 6.07. The molecule has 0 saturated carbocycles. The summed E-state index contributed by atoms with van der Waals surface area (Å²) in [5.74, 6) is -0.903. The van der Waals surface area contributed by atoms with E-state index >= 15 is 0 Å². The van der Waals surface area contributed by atoms with E-state index in [0.717, 1.165) is 12.0 Å². The van der Waals surface area contributed by atoms with Crippen LogP contribution in [0.3, 0.4) is 0 Å². The molecule has 0 aromatic carbocycles. The second-order valence-electron chi connectivity index (χ2n) is 3.46. The van der Waals surface area contributed by atoms with E-state index in [9.17, 15) is 4.79 Å². The second kappa shape index (κ2) is 3.64. The van der Waals surface area contributed by atoms with E-state index in [1.165, 1.54) is 6.26 Å². The van der Waals surface area contributed by atoms with Crippen molar-refractivity contribution in [2.45, 2.75) is 31.8 Å². The van der Waals surface area contributed by atoms with E-state index in [0.29, 0.717) is 12.8 Å². The molecule has 3 nitrogen and oxygen atoms in total. The summed E-state index contributed by atoms with van der Waals surface area (Å²) < 4.78 is 5.20. The van der Waals surface area contributed by atoms with Crippen molar-refractivity contribution in [1.82, 2.24) is 0 Å². The van der Waals surface area contributed by atoms with Gasteiger partial charge in [0.15, 0.2) is 0 Å². The van der Waals surface area contributed by atoms with Crippen molar-refractivity contribution >= 4 is 5.97 Å². The monoisotopic (exact) mass is 182 g/mol. The van der Waals surface area contributed by atoms with Crippen LogP contribution >= 0.6 is 0 Å². The zero-order valence-electron chi connectivity index (χ0n) is 7.75. The van der Waals surface area contributed by atoms with Crippen molar-refractivity contribution in [3.63, 3.8) is 0 Å². The summed E-state index contributed by atoms with van der Waals surface area (Å²) in [6.07, 6.45) is 4.96. The first-order valence-corrected chi connectivity index (χ1v) is 4.27. The highest BCUT2D eigenvalue weighted by Crippen LogP contribution is 2.29. The molecule has 1 N–H and O–H groups in total. The number of carbonyl (C=O) groups is 1. The van der Waals surface area contributed by atoms with E-state index in [-0.39, 0.29) is 0 Å². The molecule has 1 rings (SSSR count). The van der Waals surface area contributed by atoms with Gasteiger partial charge in [0.05, 0.1) is 6.26 Å². The summed E-state index contributed by atoms with van der Waals surface area (Å²) >= 11 is 0. The summed E-state index contributed by atoms with van der Waals surface area (Å²) in [5.41, 5.74) is -0.238. The van der Waals surface area contributed by atoms with Crippen LogP contribution in [0.4, 0.5) is 0 Å². The third-order valence-electron chi connectivity index (χ3n) is 2.08. The lowest BCUT2D eigenvalue weighted by molar-refractivity contribution is -0.160. The average molecular weight is 182 g/mol. The molecule has 0 saturated heterocycles. The number of ether oxygens (including phenoxy) is 1. The molecule has 0 aromatic rings. The predicted octanol–water partition coefficient (Wildman–Crippen LogP) is 2.10. The quantitative estimate of drug-likeness (QED) is 0.680. The highest BCUT2D eigenvalue weighted by atomic mass is 16.5. The van der Waals surface area contributed by atoms with Crippen LogP contribution in [0.25, 0.3) is 0 Å². The van der Waals surface area contributed by atoms with Gasteiger partial charge in [-0.2, -0.15) is 0 Å². The minimum atomic E-state index is -1.07. The SMILES string of the molecule is C=C(C)CC1(C(=O)O)CCC=CO1. The Kier molecular flexibility index (Phi) is 2.76. The van der Waals surface area contributed by atoms with Gasteiger partial charge in [0.2, 0.25) is 5.60 Å². The minimum absolute atomic E-state index is 0.382. The van der Waals surface area contributed by atoms with Gasteiger partial charge in [0.1, 0.15) is 0 Å². The van der Waals surface area contributed by atoms with Crippen molar-refractivity contribution in [3.05, 3.63) is 24.5 Å². The molecule has 0 bridgehead atoms. The van der Waals surface area contributed by atoms with Crippen molar-refractivity contribution in [3.8, 4) is 0 Å². The first kappa shape index (κ1) is 9.84. The van der Waals surface area contributed by atoms with Gasteiger partial charge in [0, 0.05) is 12.8 Å². The topological polar surface area (TPSA) is 46.5 Å². The van der Waals surface area contributed by atoms with Crippen molar-refractivity contribution in [2.75, 3.05) is 0 Å². The molecule has 0 radical (unpaired) electrons. The van der Waals surface area contributed by atoms with Crippen molar-refractivity contribution in [1.29, 1.82) is 0 Å². The number of aliphatic carboxylic acids is 1. The zero-order valence-corrected chi connectivity index (χ0v) is 7.75. The molecule has 1 heterocycles. The molecule has 0 amide bonds. The van der Waals surface area contributed by atoms with E-state index in [1.54, 1.807) is 0 Å². The Balaban J connectivity index is 2.80. The van der Waals surface area contributed by atoms with Gasteiger partial charge in [-0.3, -0.25) is 0 Å². The highest BCUT2D eigenvalue weighted by Gasteiger charge is 2.40. The fraction of sp³-hybridized carbons (Fsp3) is 0.500. The highest BCUT2D eigenvalue weighted by molar-refractivity contribution is 5.78. The number of allylic oxidation sites excluding steroid dienone is 1. The van der Waals surface area contributed by atoms with Gasteiger partial charge in [-0.1, -0.05) is 12.2 Å². The van der Waals surface area contributed by atoms with Crippen LogP contribution in [-0.2, 0) is 9.53 Å². The van der Waals surface area contributed by atoms with Crippen molar-refractivity contribution in [2.24, 2.45) is 0 Å². The van der Waals surface area contributed by atoms with Crippen LogP contribution in [0.2, 0.25) is 0 Å². The third-order valence-corrected chi connectivity index (χ3v) is 2.08. The normalized spacial score (nSPS) is 26.5. The second-order valence-corrected chi connectivity index (χ2v) is 3.46. The lowest BCUT2D eigenvalue weighted by Gasteiger charge is -2.31. The maximum absolute atomic E-state index is 11.0. The first-order valence-electron chi connectivity index (χ1n) is 4.27. The van der Waals surface area contributed by atoms with Crippen LogP contribution in [-0.4, -0.2) is 16.7 Å². The Bertz CT molecular complexity index is 255. The van der Waals surface area contributed by atoms with Crippen LogP contribution in [0.15, 0.2) is 24.5 Å². The Morgan fingerprint density at radius 1 is 1.77 bits per heavy atom. The summed E-state index contributed by atoms with van der Waals surface area (Å²) in [4.78, 5) is 11.0. The standard InChI is InChI=1S/C10H14O3/c1-8(2)7-10(9(11)12)5-3-4-6-13-10/h4,6H,1,3,5,7H2,2H3,(H,11,12). The molecule has 1 aliphatic heterocycles. The molecular formula is C10H14O3. The molecule has 0 aromatic heterocycles. The van der Waals surface area contributed by atoms with Gasteiger partial charge in [-0.15, -0.1) is 0 Å². The fourth-order valence-corrected chi connectivity index (χ4v) is 1.47. The van der Waals surface area contributed by atoms with Crippen LogP contribution in [0.5, 0.6) is 0 Å². The number of carboxylic acids is 1. The van der Waals surface area contributed by atoms with Gasteiger partial charge >= 0.3 is 5.97 Å². The van der Waals surface area contributed by atoms with E-state index < -0.39 is 11.6 Å². The Morgan fingerprint density at radius 2 is 2.46 bits per heavy atom. The maximum Gasteiger partial charge on any atom is 0.348 e. The van der Waals surface area contributed by atoms with Crippen LogP contribution < -0.4 is 0 Å². The van der Waals surface area contributed by atoms with Crippen molar-refractivity contribution < 1.29 is 14.6 Å². The molecule has 1 aliphatic rings. The number of hydrogen-bond acceptors (Lipinski definition) is 2. The van der Waals surface area contributed by atoms with E-state index in [2.05, 4.69) is 6.58 Å². The maximum atomic E-state index is 11.0.